The van der Waals surface area contributed by atoms with Gasteiger partial charge in [-0.05, 0) is 65.4 Å². The van der Waals surface area contributed by atoms with E-state index in [0.717, 1.165) is 12.4 Å². The van der Waals surface area contributed by atoms with Crippen molar-refractivity contribution in [3.63, 3.8) is 0 Å². The van der Waals surface area contributed by atoms with E-state index < -0.39 is 0 Å². The molecule has 0 amide bonds. The molecule has 3 aromatic rings. The van der Waals surface area contributed by atoms with Gasteiger partial charge in [-0.2, -0.15) is 0 Å². The Morgan fingerprint density at radius 1 is 0.852 bits per heavy atom. The van der Waals surface area contributed by atoms with Crippen molar-refractivity contribution in [2.75, 3.05) is 11.6 Å². The maximum Gasteiger partial charge on any atom is 0.0922 e. The smallest absolute Gasteiger partial charge is 0.0922 e. The summed E-state index contributed by atoms with van der Waals surface area (Å²) in [5, 5.41) is 3.27. The van der Waals surface area contributed by atoms with Crippen LogP contribution in [0.2, 0.25) is 0 Å². The molecule has 1 aliphatic rings. The van der Waals surface area contributed by atoms with Crippen molar-refractivity contribution < 1.29 is 0 Å². The van der Waals surface area contributed by atoms with Gasteiger partial charge in [-0.25, -0.2) is 0 Å². The number of hydrogen-bond acceptors (Lipinski definition) is 2. The van der Waals surface area contributed by atoms with Gasteiger partial charge in [-0.1, -0.05) is 61.2 Å². The maximum absolute atomic E-state index is 3.92. The highest BCUT2D eigenvalue weighted by Crippen LogP contribution is 2.34. The van der Waals surface area contributed by atoms with Crippen LogP contribution in [0, 0.1) is 13.8 Å². The van der Waals surface area contributed by atoms with Crippen LogP contribution in [0.4, 0.5) is 5.69 Å². The molecule has 0 saturated heterocycles. The van der Waals surface area contributed by atoms with E-state index in [9.17, 15) is 0 Å². The minimum Gasteiger partial charge on any atom is -0.372 e. The highest BCUT2D eigenvalue weighted by atomic mass is 15.3. The van der Waals surface area contributed by atoms with Crippen molar-refractivity contribution in [2.45, 2.75) is 13.8 Å². The molecule has 0 fully saturated rings. The topological polar surface area (TPSA) is 15.3 Å². The molecule has 0 spiro atoms. The summed E-state index contributed by atoms with van der Waals surface area (Å²) >= 11 is 0. The van der Waals surface area contributed by atoms with E-state index in [2.05, 4.69) is 97.4 Å². The number of anilines is 1. The molecule has 0 saturated carbocycles. The van der Waals surface area contributed by atoms with Crippen molar-refractivity contribution in [1.29, 1.82) is 0 Å². The Balaban J connectivity index is 1.75. The van der Waals surface area contributed by atoms with Crippen molar-refractivity contribution in [3.05, 3.63) is 102 Å². The molecular weight excluding hydrogens is 328 g/mol. The van der Waals surface area contributed by atoms with Gasteiger partial charge in [0.25, 0.3) is 0 Å². The van der Waals surface area contributed by atoms with Gasteiger partial charge in [-0.15, -0.1) is 0 Å². The molecule has 1 heterocycles. The van der Waals surface area contributed by atoms with Gasteiger partial charge in [0.15, 0.2) is 0 Å². The number of hydrogen-bond donors (Lipinski definition) is 1. The maximum atomic E-state index is 3.92. The molecule has 2 nitrogen and oxygen atoms in total. The van der Waals surface area contributed by atoms with E-state index in [1.54, 1.807) is 0 Å². The summed E-state index contributed by atoms with van der Waals surface area (Å²) in [6.07, 6.45) is 3.89. The van der Waals surface area contributed by atoms with E-state index in [1.807, 2.05) is 12.3 Å². The normalized spacial score (nSPS) is 13.3. The van der Waals surface area contributed by atoms with Gasteiger partial charge >= 0.3 is 0 Å². The first kappa shape index (κ1) is 17.2. The van der Waals surface area contributed by atoms with Crippen molar-refractivity contribution >= 4 is 5.69 Å². The number of allylic oxidation sites excluding steroid dienone is 1. The second-order valence-corrected chi connectivity index (χ2v) is 6.96. The third-order valence-corrected chi connectivity index (χ3v) is 5.11. The average molecular weight is 352 g/mol. The van der Waals surface area contributed by atoms with Gasteiger partial charge in [-0.3, -0.25) is 0 Å². The fraction of sp³-hybridized carbons (Fsp3) is 0.120. The van der Waals surface area contributed by atoms with Crippen LogP contribution in [0.25, 0.3) is 22.3 Å². The Kier molecular flexibility index (Phi) is 4.55. The number of rotatable bonds is 4. The highest BCUT2D eigenvalue weighted by molar-refractivity contribution is 5.79. The van der Waals surface area contributed by atoms with E-state index in [0.29, 0.717) is 0 Å². The molecule has 0 aromatic heterocycles. The van der Waals surface area contributed by atoms with Crippen LogP contribution in [-0.2, 0) is 0 Å². The summed E-state index contributed by atoms with van der Waals surface area (Å²) in [5.74, 6) is 0. The van der Waals surface area contributed by atoms with Crippen molar-refractivity contribution in [3.8, 4) is 22.3 Å². The number of nitrogens with one attached hydrogen (secondary N) is 1. The second kappa shape index (κ2) is 7.16. The first-order valence-electron chi connectivity index (χ1n) is 9.28. The molecule has 0 atom stereocenters. The molecule has 134 valence electrons. The number of nitrogens with zero attached hydrogens (tertiary/aromatic N) is 1. The lowest BCUT2D eigenvalue weighted by atomic mass is 9.91. The lowest BCUT2D eigenvalue weighted by Crippen LogP contribution is -2.22. The Hall–Kier alpha value is -3.26. The van der Waals surface area contributed by atoms with Crippen molar-refractivity contribution in [2.24, 2.45) is 0 Å². The minimum atomic E-state index is 0.774. The van der Waals surface area contributed by atoms with Gasteiger partial charge < -0.3 is 10.2 Å². The molecule has 27 heavy (non-hydrogen) atoms. The first-order valence-corrected chi connectivity index (χ1v) is 9.28. The van der Waals surface area contributed by atoms with Crippen LogP contribution >= 0.6 is 0 Å². The van der Waals surface area contributed by atoms with E-state index in [-0.39, 0.29) is 0 Å². The zero-order chi connectivity index (χ0) is 18.8. The fourth-order valence-electron chi connectivity index (χ4n) is 3.87. The summed E-state index contributed by atoms with van der Waals surface area (Å²) in [7, 11) is 0. The van der Waals surface area contributed by atoms with Crippen LogP contribution in [0.1, 0.15) is 11.1 Å². The zero-order valence-electron chi connectivity index (χ0n) is 15.9. The predicted molar refractivity (Wildman–Crippen MR) is 116 cm³/mol. The molecule has 0 radical (unpaired) electrons. The first-order chi connectivity index (χ1) is 13.2. The van der Waals surface area contributed by atoms with Crippen LogP contribution in [0.3, 0.4) is 0 Å². The fourth-order valence-corrected chi connectivity index (χ4v) is 3.87. The van der Waals surface area contributed by atoms with Gasteiger partial charge in [0.2, 0.25) is 0 Å². The van der Waals surface area contributed by atoms with E-state index in [1.165, 1.54) is 39.1 Å². The molecule has 1 aliphatic heterocycles. The Labute approximate surface area is 161 Å². The lowest BCUT2D eigenvalue weighted by molar-refractivity contribution is 0.893. The Morgan fingerprint density at radius 2 is 1.56 bits per heavy atom. The molecular formula is C25H24N2. The van der Waals surface area contributed by atoms with Gasteiger partial charge in [0.05, 0.1) is 12.4 Å². The van der Waals surface area contributed by atoms with Crippen LogP contribution < -0.4 is 10.2 Å². The molecule has 0 aliphatic carbocycles. The quantitative estimate of drug-likeness (QED) is 0.616. The van der Waals surface area contributed by atoms with Gasteiger partial charge in [0, 0.05) is 11.9 Å². The second-order valence-electron chi connectivity index (χ2n) is 6.96. The molecule has 4 rings (SSSR count). The summed E-state index contributed by atoms with van der Waals surface area (Å²) < 4.78 is 0. The standard InChI is InChI=1S/C25H24N2/c1-4-23-16-26-17-27(23)24-12-8-11-21(15-24)25-18(2)13-22(14-19(25)3)20-9-6-5-7-10-20/h4-16,26H,1,17H2,2-3H3. The molecule has 1 N–H and O–H groups in total. The number of aryl methyl sites for hydroxylation is 2. The highest BCUT2D eigenvalue weighted by Gasteiger charge is 2.16. The van der Waals surface area contributed by atoms with Crippen LogP contribution in [0.15, 0.2) is 91.3 Å². The molecule has 0 unspecified atom stereocenters. The van der Waals surface area contributed by atoms with Crippen LogP contribution in [-0.4, -0.2) is 6.67 Å². The average Bonchev–Trinajstić information content (AvgIpc) is 3.17. The van der Waals surface area contributed by atoms with Gasteiger partial charge in [0.1, 0.15) is 0 Å². The van der Waals surface area contributed by atoms with E-state index in [4.69, 9.17) is 0 Å². The monoisotopic (exact) mass is 352 g/mol. The third-order valence-electron chi connectivity index (χ3n) is 5.11. The zero-order valence-corrected chi connectivity index (χ0v) is 15.9. The Bertz CT molecular complexity index is 992. The summed E-state index contributed by atoms with van der Waals surface area (Å²) in [6, 6.07) is 23.9. The molecule has 0 bridgehead atoms. The summed E-state index contributed by atoms with van der Waals surface area (Å²) in [5.41, 5.74) is 9.95. The lowest BCUT2D eigenvalue weighted by Gasteiger charge is -2.21. The summed E-state index contributed by atoms with van der Waals surface area (Å²) in [4.78, 5) is 2.24. The molecule has 3 aromatic carbocycles. The number of benzene rings is 3. The van der Waals surface area contributed by atoms with Crippen LogP contribution in [0.5, 0.6) is 0 Å². The predicted octanol–water partition coefficient (Wildman–Crippen LogP) is 6.03. The largest absolute Gasteiger partial charge is 0.372 e. The SMILES string of the molecule is C=CC1=CNCN1c1cccc(-c2c(C)cc(-c3ccccc3)cc2C)c1. The Morgan fingerprint density at radius 3 is 2.26 bits per heavy atom. The third kappa shape index (κ3) is 3.26. The van der Waals surface area contributed by atoms with E-state index >= 15 is 0 Å². The minimum absolute atomic E-state index is 0.774. The molecule has 2 heteroatoms. The summed E-state index contributed by atoms with van der Waals surface area (Å²) in [6.45, 7) is 9.09. The van der Waals surface area contributed by atoms with Crippen molar-refractivity contribution in [1.82, 2.24) is 5.32 Å².